The van der Waals surface area contributed by atoms with Crippen molar-refractivity contribution in [3.8, 4) is 5.75 Å². The fourth-order valence-corrected chi connectivity index (χ4v) is 4.61. The molecule has 4 atom stereocenters. The van der Waals surface area contributed by atoms with Crippen LogP contribution in [0.5, 0.6) is 5.75 Å². The van der Waals surface area contributed by atoms with Crippen molar-refractivity contribution < 1.29 is 23.0 Å². The molecule has 4 unspecified atom stereocenters. The van der Waals surface area contributed by atoms with Crippen LogP contribution in [0, 0.1) is 0 Å². The number of benzene rings is 1. The van der Waals surface area contributed by atoms with E-state index in [0.29, 0.717) is 12.5 Å². The molecule has 1 amide bonds. The lowest BCUT2D eigenvalue weighted by Crippen LogP contribution is -2.50. The molecule has 2 aromatic rings. The topological polar surface area (TPSA) is 76.6 Å². The molecule has 4 rings (SSSR count). The summed E-state index contributed by atoms with van der Waals surface area (Å²) in [7, 11) is 0. The van der Waals surface area contributed by atoms with Gasteiger partial charge in [-0.2, -0.15) is 0 Å². The second kappa shape index (κ2) is 10.2. The Kier molecular flexibility index (Phi) is 7.30. The first-order chi connectivity index (χ1) is 16.2. The summed E-state index contributed by atoms with van der Waals surface area (Å²) in [6, 6.07) is 9.65. The summed E-state index contributed by atoms with van der Waals surface area (Å²) in [5.41, 5.74) is 1.94. The van der Waals surface area contributed by atoms with Gasteiger partial charge in [-0.1, -0.05) is 12.1 Å². The molecule has 1 aromatic carbocycles. The van der Waals surface area contributed by atoms with Crippen LogP contribution in [-0.4, -0.2) is 53.7 Å². The zero-order chi connectivity index (χ0) is 24.3. The lowest BCUT2D eigenvalue weighted by molar-refractivity contribution is -0.129. The van der Waals surface area contributed by atoms with E-state index < -0.39 is 12.0 Å². The maximum atomic E-state index is 13.7. The molecule has 2 aliphatic rings. The second-order valence-corrected chi connectivity index (χ2v) is 9.28. The first-order valence-corrected chi connectivity index (χ1v) is 11.8. The van der Waals surface area contributed by atoms with Crippen molar-refractivity contribution in [3.63, 3.8) is 0 Å². The Morgan fingerprint density at radius 3 is 2.74 bits per heavy atom. The normalized spacial score (nSPS) is 24.0. The Morgan fingerprint density at radius 2 is 2.03 bits per heavy atom. The number of alkyl halides is 2. The van der Waals surface area contributed by atoms with E-state index in [9.17, 15) is 13.6 Å². The van der Waals surface area contributed by atoms with Crippen molar-refractivity contribution in [1.82, 2.24) is 15.3 Å². The molecular formula is C25H32F2N4O3. The van der Waals surface area contributed by atoms with Gasteiger partial charge in [-0.15, -0.1) is 0 Å². The number of aromatic nitrogens is 2. The fourth-order valence-electron chi connectivity index (χ4n) is 4.61. The zero-order valence-electron chi connectivity index (χ0n) is 19.8. The van der Waals surface area contributed by atoms with Crippen LogP contribution in [0.1, 0.15) is 63.3 Å². The average molecular weight is 475 g/mol. The monoisotopic (exact) mass is 474 g/mol. The van der Waals surface area contributed by atoms with Gasteiger partial charge in [-0.05, 0) is 49.9 Å². The molecule has 0 spiro atoms. The van der Waals surface area contributed by atoms with Crippen molar-refractivity contribution >= 4 is 11.9 Å². The Bertz CT molecular complexity index is 983. The van der Waals surface area contributed by atoms with Crippen LogP contribution in [0.3, 0.4) is 0 Å². The number of halogens is 2. The van der Waals surface area contributed by atoms with E-state index >= 15 is 0 Å². The number of hydrogen-bond donors (Lipinski definition) is 1. The highest BCUT2D eigenvalue weighted by Crippen LogP contribution is 2.36. The summed E-state index contributed by atoms with van der Waals surface area (Å²) in [5, 5.41) is 2.87. The first-order valence-electron chi connectivity index (χ1n) is 11.8. The number of anilines is 1. The van der Waals surface area contributed by atoms with Crippen LogP contribution in [-0.2, 0) is 9.53 Å². The summed E-state index contributed by atoms with van der Waals surface area (Å²) in [6.45, 7) is 5.12. The van der Waals surface area contributed by atoms with Gasteiger partial charge in [0.15, 0.2) is 0 Å². The molecule has 0 bridgehead atoms. The number of nitrogens with zero attached hydrogens (tertiary/aromatic N) is 3. The van der Waals surface area contributed by atoms with Gasteiger partial charge >= 0.3 is 0 Å². The molecule has 1 N–H and O–H groups in total. The maximum Gasteiger partial charge on any atom is 0.272 e. The van der Waals surface area contributed by atoms with Crippen LogP contribution in [0.4, 0.5) is 14.7 Å². The van der Waals surface area contributed by atoms with Gasteiger partial charge in [0.05, 0.1) is 25.3 Å². The van der Waals surface area contributed by atoms with E-state index in [2.05, 4.69) is 10.3 Å². The van der Waals surface area contributed by atoms with Crippen molar-refractivity contribution in [1.29, 1.82) is 0 Å². The number of nitrogens with one attached hydrogen (secondary N) is 1. The van der Waals surface area contributed by atoms with Crippen molar-refractivity contribution in [3.05, 3.63) is 47.8 Å². The molecule has 0 radical (unpaired) electrons. The highest BCUT2D eigenvalue weighted by molar-refractivity contribution is 5.73. The molecule has 9 heteroatoms. The summed E-state index contributed by atoms with van der Waals surface area (Å²) >= 11 is 0. The molecule has 1 aromatic heterocycles. The molecule has 184 valence electrons. The lowest BCUT2D eigenvalue weighted by atomic mass is 10.0. The highest BCUT2D eigenvalue weighted by Gasteiger charge is 2.39. The minimum absolute atomic E-state index is 0.0559. The number of amides is 1. The standard InChI is InChI=1S/C25H32F2N4O3/c1-16(29-17(2)32)18-4-7-20(8-5-18)34-21-9-6-19(14-21)22-10-11-28-24(30-22)31-12-13-33-23(15-31)25(3,26)27/h4-5,7-8,10-11,16,19,21,23H,6,9,12-15H2,1-3H3,(H,29,32). The predicted octanol–water partition coefficient (Wildman–Crippen LogP) is 4.25. The molecule has 1 aliphatic heterocycles. The van der Waals surface area contributed by atoms with Gasteiger partial charge in [0, 0.05) is 38.2 Å². The first kappa shape index (κ1) is 24.3. The zero-order valence-corrected chi connectivity index (χ0v) is 19.8. The van der Waals surface area contributed by atoms with Gasteiger partial charge in [0.2, 0.25) is 11.9 Å². The fraction of sp³-hybridized carbons (Fsp3) is 0.560. The molecule has 34 heavy (non-hydrogen) atoms. The second-order valence-electron chi connectivity index (χ2n) is 9.28. The van der Waals surface area contributed by atoms with E-state index in [0.717, 1.165) is 43.2 Å². The summed E-state index contributed by atoms with van der Waals surface area (Å²) in [4.78, 5) is 22.1. The molecule has 2 fully saturated rings. The number of carbonyl (C=O) groups excluding carboxylic acids is 1. The Labute approximate surface area is 198 Å². The maximum absolute atomic E-state index is 13.7. The van der Waals surface area contributed by atoms with E-state index in [1.807, 2.05) is 37.3 Å². The number of morpholine rings is 1. The highest BCUT2D eigenvalue weighted by atomic mass is 19.3. The Balaban J connectivity index is 1.35. The minimum Gasteiger partial charge on any atom is -0.490 e. The third kappa shape index (κ3) is 6.00. The molecule has 7 nitrogen and oxygen atoms in total. The van der Waals surface area contributed by atoms with Gasteiger partial charge in [0.1, 0.15) is 11.9 Å². The summed E-state index contributed by atoms with van der Waals surface area (Å²) < 4.78 is 38.9. The van der Waals surface area contributed by atoms with Crippen molar-refractivity contribution in [2.75, 3.05) is 24.6 Å². The van der Waals surface area contributed by atoms with Gasteiger partial charge in [-0.25, -0.2) is 18.7 Å². The van der Waals surface area contributed by atoms with Crippen LogP contribution in [0.2, 0.25) is 0 Å². The summed E-state index contributed by atoms with van der Waals surface area (Å²) in [6.07, 6.45) is 3.31. The van der Waals surface area contributed by atoms with Gasteiger partial charge in [-0.3, -0.25) is 4.79 Å². The van der Waals surface area contributed by atoms with Crippen molar-refractivity contribution in [2.45, 2.75) is 70.1 Å². The smallest absolute Gasteiger partial charge is 0.272 e. The molecule has 2 heterocycles. The predicted molar refractivity (Wildman–Crippen MR) is 124 cm³/mol. The number of carbonyl (C=O) groups is 1. The average Bonchev–Trinajstić information content (AvgIpc) is 3.27. The van der Waals surface area contributed by atoms with E-state index in [1.54, 1.807) is 11.1 Å². The SMILES string of the molecule is CC(=O)NC(C)c1ccc(OC2CCC(c3ccnc(N4CCOC(C(C)(F)F)C4)n3)C2)cc1. The molecule has 1 aliphatic carbocycles. The van der Waals surface area contributed by atoms with Crippen LogP contribution < -0.4 is 15.0 Å². The van der Waals surface area contributed by atoms with Gasteiger partial charge in [0.25, 0.3) is 5.92 Å². The molecule has 1 saturated heterocycles. The molecular weight excluding hydrogens is 442 g/mol. The van der Waals surface area contributed by atoms with Crippen LogP contribution in [0.15, 0.2) is 36.5 Å². The lowest BCUT2D eigenvalue weighted by Gasteiger charge is -2.35. The van der Waals surface area contributed by atoms with Crippen LogP contribution in [0.25, 0.3) is 0 Å². The third-order valence-corrected chi connectivity index (χ3v) is 6.48. The van der Waals surface area contributed by atoms with Gasteiger partial charge < -0.3 is 19.7 Å². The number of rotatable bonds is 7. The third-order valence-electron chi connectivity index (χ3n) is 6.48. The number of hydrogen-bond acceptors (Lipinski definition) is 6. The Morgan fingerprint density at radius 1 is 1.26 bits per heavy atom. The van der Waals surface area contributed by atoms with Crippen LogP contribution >= 0.6 is 0 Å². The van der Waals surface area contributed by atoms with E-state index in [4.69, 9.17) is 14.5 Å². The van der Waals surface area contributed by atoms with Crippen molar-refractivity contribution in [2.24, 2.45) is 0 Å². The minimum atomic E-state index is -2.91. The largest absolute Gasteiger partial charge is 0.490 e. The van der Waals surface area contributed by atoms with E-state index in [1.165, 1.54) is 6.92 Å². The number of ether oxygens (including phenoxy) is 2. The summed E-state index contributed by atoms with van der Waals surface area (Å²) in [5.74, 6) is -1.47. The quantitative estimate of drug-likeness (QED) is 0.647. The van der Waals surface area contributed by atoms with E-state index in [-0.39, 0.29) is 37.1 Å². The Hall–Kier alpha value is -2.81. The molecule has 1 saturated carbocycles.